The van der Waals surface area contributed by atoms with Gasteiger partial charge in [-0.2, -0.15) is 0 Å². The molecule has 0 saturated heterocycles. The molecule has 0 atom stereocenters. The summed E-state index contributed by atoms with van der Waals surface area (Å²) in [6.45, 7) is 2.46. The van der Waals surface area contributed by atoms with Crippen LogP contribution in [-0.2, 0) is 6.61 Å². The molecule has 2 aromatic carbocycles. The van der Waals surface area contributed by atoms with Crippen molar-refractivity contribution in [2.24, 2.45) is 0 Å². The molecule has 98 valence electrons. The Hall–Kier alpha value is -2.29. The Bertz CT molecular complexity index is 559. The van der Waals surface area contributed by atoms with Crippen molar-refractivity contribution in [3.05, 3.63) is 59.2 Å². The first kappa shape index (κ1) is 13.1. The molecule has 0 aliphatic rings. The lowest BCUT2D eigenvalue weighted by Gasteiger charge is -2.10. The maximum absolute atomic E-state index is 11.0. The molecular formula is C16H16O3. The lowest BCUT2D eigenvalue weighted by molar-refractivity contribution is 0.111. The minimum absolute atomic E-state index is 0.425. The molecule has 0 N–H and O–H groups in total. The number of aldehydes is 1. The SMILES string of the molecule is COc1ccc(C=O)c(OCc2ccc(C)cc2)c1. The summed E-state index contributed by atoms with van der Waals surface area (Å²) < 4.78 is 10.8. The summed E-state index contributed by atoms with van der Waals surface area (Å²) in [4.78, 5) is 11.0. The lowest BCUT2D eigenvalue weighted by atomic mass is 10.1. The second-order valence-corrected chi connectivity index (χ2v) is 4.30. The number of carbonyl (C=O) groups is 1. The van der Waals surface area contributed by atoms with Gasteiger partial charge in [-0.15, -0.1) is 0 Å². The second-order valence-electron chi connectivity index (χ2n) is 4.30. The van der Waals surface area contributed by atoms with Gasteiger partial charge in [0.25, 0.3) is 0 Å². The van der Waals surface area contributed by atoms with Crippen LogP contribution in [0.15, 0.2) is 42.5 Å². The average Bonchev–Trinajstić information content (AvgIpc) is 2.46. The summed E-state index contributed by atoms with van der Waals surface area (Å²) in [7, 11) is 1.58. The number of hydrogen-bond donors (Lipinski definition) is 0. The molecule has 0 radical (unpaired) electrons. The molecule has 0 heterocycles. The molecule has 0 aromatic heterocycles. The summed E-state index contributed by atoms with van der Waals surface area (Å²) in [5, 5.41) is 0. The maximum atomic E-state index is 11.0. The Kier molecular flexibility index (Phi) is 4.18. The summed E-state index contributed by atoms with van der Waals surface area (Å²) >= 11 is 0. The topological polar surface area (TPSA) is 35.5 Å². The van der Waals surface area contributed by atoms with Crippen LogP contribution in [0.3, 0.4) is 0 Å². The number of benzene rings is 2. The Labute approximate surface area is 112 Å². The highest BCUT2D eigenvalue weighted by Crippen LogP contribution is 2.24. The fraction of sp³-hybridized carbons (Fsp3) is 0.188. The van der Waals surface area contributed by atoms with Gasteiger partial charge in [0.05, 0.1) is 12.7 Å². The van der Waals surface area contributed by atoms with Crippen LogP contribution >= 0.6 is 0 Å². The van der Waals surface area contributed by atoms with Crippen molar-refractivity contribution in [2.75, 3.05) is 7.11 Å². The fourth-order valence-electron chi connectivity index (χ4n) is 1.71. The van der Waals surface area contributed by atoms with Crippen molar-refractivity contribution in [3.63, 3.8) is 0 Å². The van der Waals surface area contributed by atoms with Gasteiger partial charge in [0.15, 0.2) is 6.29 Å². The molecule has 3 nitrogen and oxygen atoms in total. The third kappa shape index (κ3) is 3.35. The minimum atomic E-state index is 0.425. The number of carbonyl (C=O) groups excluding carboxylic acids is 1. The van der Waals surface area contributed by atoms with E-state index in [0.717, 1.165) is 11.8 Å². The van der Waals surface area contributed by atoms with Crippen molar-refractivity contribution in [2.45, 2.75) is 13.5 Å². The predicted molar refractivity (Wildman–Crippen MR) is 73.9 cm³/mol. The molecule has 3 heteroatoms. The molecule has 0 bridgehead atoms. The van der Waals surface area contributed by atoms with Gasteiger partial charge >= 0.3 is 0 Å². The number of aryl methyl sites for hydroxylation is 1. The van der Waals surface area contributed by atoms with Gasteiger partial charge in [0.2, 0.25) is 0 Å². The van der Waals surface area contributed by atoms with Crippen LogP contribution in [0.4, 0.5) is 0 Å². The molecule has 2 aromatic rings. The van der Waals surface area contributed by atoms with Crippen molar-refractivity contribution in [1.82, 2.24) is 0 Å². The van der Waals surface area contributed by atoms with Crippen LogP contribution in [0.2, 0.25) is 0 Å². The van der Waals surface area contributed by atoms with E-state index in [0.29, 0.717) is 23.7 Å². The monoisotopic (exact) mass is 256 g/mol. The van der Waals surface area contributed by atoms with Crippen LogP contribution in [0.5, 0.6) is 11.5 Å². The molecule has 2 rings (SSSR count). The number of hydrogen-bond acceptors (Lipinski definition) is 3. The quantitative estimate of drug-likeness (QED) is 0.769. The molecule has 19 heavy (non-hydrogen) atoms. The van der Waals surface area contributed by atoms with Gasteiger partial charge < -0.3 is 9.47 Å². The molecule has 0 aliphatic carbocycles. The molecule has 0 aliphatic heterocycles. The van der Waals surface area contributed by atoms with Crippen LogP contribution in [0.1, 0.15) is 21.5 Å². The lowest BCUT2D eigenvalue weighted by Crippen LogP contribution is -1.99. The van der Waals surface area contributed by atoms with E-state index in [1.807, 2.05) is 31.2 Å². The average molecular weight is 256 g/mol. The van der Waals surface area contributed by atoms with E-state index < -0.39 is 0 Å². The molecule has 0 spiro atoms. The Balaban J connectivity index is 2.13. The predicted octanol–water partition coefficient (Wildman–Crippen LogP) is 3.40. The van der Waals surface area contributed by atoms with E-state index in [1.165, 1.54) is 5.56 Å². The van der Waals surface area contributed by atoms with Gasteiger partial charge in [0.1, 0.15) is 18.1 Å². The van der Waals surface area contributed by atoms with Gasteiger partial charge in [-0.05, 0) is 24.6 Å². The van der Waals surface area contributed by atoms with Crippen LogP contribution in [0, 0.1) is 6.92 Å². The van der Waals surface area contributed by atoms with Crippen molar-refractivity contribution in [1.29, 1.82) is 0 Å². The van der Waals surface area contributed by atoms with E-state index in [1.54, 1.807) is 25.3 Å². The van der Waals surface area contributed by atoms with E-state index in [4.69, 9.17) is 9.47 Å². The first-order chi connectivity index (χ1) is 9.22. The molecule has 0 fully saturated rings. The van der Waals surface area contributed by atoms with Crippen molar-refractivity contribution in [3.8, 4) is 11.5 Å². The third-order valence-corrected chi connectivity index (χ3v) is 2.86. The first-order valence-corrected chi connectivity index (χ1v) is 6.04. The zero-order valence-electron chi connectivity index (χ0n) is 11.1. The second kappa shape index (κ2) is 6.05. The number of ether oxygens (including phenoxy) is 2. The van der Waals surface area contributed by atoms with Crippen LogP contribution in [0.25, 0.3) is 0 Å². The first-order valence-electron chi connectivity index (χ1n) is 6.04. The van der Waals surface area contributed by atoms with Gasteiger partial charge in [-0.3, -0.25) is 4.79 Å². The summed E-state index contributed by atoms with van der Waals surface area (Å²) in [6, 6.07) is 13.2. The Morgan fingerprint density at radius 2 is 1.84 bits per heavy atom. The van der Waals surface area contributed by atoms with E-state index in [9.17, 15) is 4.79 Å². The van der Waals surface area contributed by atoms with E-state index >= 15 is 0 Å². The smallest absolute Gasteiger partial charge is 0.153 e. The Morgan fingerprint density at radius 3 is 2.47 bits per heavy atom. The summed E-state index contributed by atoms with van der Waals surface area (Å²) in [6.07, 6.45) is 0.782. The van der Waals surface area contributed by atoms with E-state index in [-0.39, 0.29) is 0 Å². The molecule has 0 unspecified atom stereocenters. The fourth-order valence-corrected chi connectivity index (χ4v) is 1.71. The number of methoxy groups -OCH3 is 1. The zero-order valence-corrected chi connectivity index (χ0v) is 11.1. The highest BCUT2D eigenvalue weighted by atomic mass is 16.5. The van der Waals surface area contributed by atoms with Gasteiger partial charge in [-0.25, -0.2) is 0 Å². The molecular weight excluding hydrogens is 240 g/mol. The largest absolute Gasteiger partial charge is 0.497 e. The minimum Gasteiger partial charge on any atom is -0.497 e. The maximum Gasteiger partial charge on any atom is 0.153 e. The normalized spacial score (nSPS) is 10.0. The highest BCUT2D eigenvalue weighted by molar-refractivity contribution is 5.79. The van der Waals surface area contributed by atoms with Crippen molar-refractivity contribution < 1.29 is 14.3 Å². The van der Waals surface area contributed by atoms with Crippen molar-refractivity contribution >= 4 is 6.29 Å². The summed E-state index contributed by atoms with van der Waals surface area (Å²) in [5.41, 5.74) is 2.79. The Morgan fingerprint density at radius 1 is 1.11 bits per heavy atom. The molecule has 0 amide bonds. The van der Waals surface area contributed by atoms with Gasteiger partial charge in [0, 0.05) is 6.07 Å². The van der Waals surface area contributed by atoms with Gasteiger partial charge in [-0.1, -0.05) is 29.8 Å². The zero-order chi connectivity index (χ0) is 13.7. The molecule has 0 saturated carbocycles. The number of rotatable bonds is 5. The standard InChI is InChI=1S/C16H16O3/c1-12-3-5-13(6-4-12)11-19-16-9-15(18-2)8-7-14(16)10-17/h3-10H,11H2,1-2H3. The van der Waals surface area contributed by atoms with Crippen LogP contribution in [-0.4, -0.2) is 13.4 Å². The van der Waals surface area contributed by atoms with Crippen LogP contribution < -0.4 is 9.47 Å². The highest BCUT2D eigenvalue weighted by Gasteiger charge is 2.05. The summed E-state index contributed by atoms with van der Waals surface area (Å²) in [5.74, 6) is 1.21. The third-order valence-electron chi connectivity index (χ3n) is 2.86. The van der Waals surface area contributed by atoms with E-state index in [2.05, 4.69) is 0 Å².